The van der Waals surface area contributed by atoms with Crippen molar-refractivity contribution in [2.45, 2.75) is 0 Å². The molecule has 0 fully saturated rings. The van der Waals surface area contributed by atoms with Crippen LogP contribution in [0, 0.1) is 20.2 Å². The van der Waals surface area contributed by atoms with E-state index in [9.17, 15) is 20.2 Å². The summed E-state index contributed by atoms with van der Waals surface area (Å²) in [5, 5.41) is 22.0. The van der Waals surface area contributed by atoms with E-state index in [1.54, 1.807) is 12.1 Å². The quantitative estimate of drug-likeness (QED) is 0.524. The summed E-state index contributed by atoms with van der Waals surface area (Å²) in [4.78, 5) is 20.8. The topological polar surface area (TPSA) is 95.5 Å². The fourth-order valence-electron chi connectivity index (χ4n) is 1.56. The van der Waals surface area contributed by atoms with Crippen LogP contribution in [0.25, 0.3) is 0 Å². The molecule has 7 nitrogen and oxygen atoms in total. The van der Waals surface area contributed by atoms with Crippen LogP contribution in [0.15, 0.2) is 45.3 Å². The van der Waals surface area contributed by atoms with Gasteiger partial charge in [-0.2, -0.15) is 0 Å². The Morgan fingerprint density at radius 2 is 1.19 bits per heavy atom. The van der Waals surface area contributed by atoms with Gasteiger partial charge in [0.15, 0.2) is 0 Å². The van der Waals surface area contributed by atoms with E-state index in [4.69, 9.17) is 4.74 Å². The van der Waals surface area contributed by atoms with Crippen LogP contribution in [0.2, 0.25) is 0 Å². The van der Waals surface area contributed by atoms with Gasteiger partial charge in [-0.3, -0.25) is 20.2 Å². The minimum Gasteiger partial charge on any atom is -0.443 e. The minimum atomic E-state index is -0.620. The smallest absolute Gasteiger partial charge is 0.312 e. The molecule has 21 heavy (non-hydrogen) atoms. The molecule has 0 N–H and O–H groups in total. The molecule has 0 bridgehead atoms. The summed E-state index contributed by atoms with van der Waals surface area (Å²) >= 11 is 6.25. The van der Waals surface area contributed by atoms with Crippen LogP contribution < -0.4 is 4.74 Å². The SMILES string of the molecule is O=[N+]([O-])c1cc(Br)ccc1Oc1ccc(Br)cc1[N+](=O)[O-]. The third-order valence-electron chi connectivity index (χ3n) is 2.46. The first kappa shape index (κ1) is 15.4. The summed E-state index contributed by atoms with van der Waals surface area (Å²) in [6.45, 7) is 0. The van der Waals surface area contributed by atoms with E-state index >= 15 is 0 Å². The van der Waals surface area contributed by atoms with Gasteiger partial charge in [0.25, 0.3) is 0 Å². The van der Waals surface area contributed by atoms with Gasteiger partial charge in [0.1, 0.15) is 0 Å². The number of nitrogens with zero attached hydrogens (tertiary/aromatic N) is 2. The Morgan fingerprint density at radius 1 is 0.810 bits per heavy atom. The Labute approximate surface area is 135 Å². The minimum absolute atomic E-state index is 0.0753. The second-order valence-electron chi connectivity index (χ2n) is 3.84. The van der Waals surface area contributed by atoms with Gasteiger partial charge in [-0.15, -0.1) is 0 Å². The molecule has 0 radical (unpaired) electrons. The van der Waals surface area contributed by atoms with Crippen LogP contribution in [0.4, 0.5) is 11.4 Å². The van der Waals surface area contributed by atoms with Crippen molar-refractivity contribution in [2.24, 2.45) is 0 Å². The van der Waals surface area contributed by atoms with Crippen molar-refractivity contribution in [3.05, 3.63) is 65.6 Å². The van der Waals surface area contributed by atoms with Gasteiger partial charge in [0.05, 0.1) is 9.85 Å². The van der Waals surface area contributed by atoms with E-state index in [0.29, 0.717) is 8.95 Å². The van der Waals surface area contributed by atoms with Gasteiger partial charge < -0.3 is 4.74 Å². The summed E-state index contributed by atoms with van der Waals surface area (Å²) < 4.78 is 6.36. The maximum atomic E-state index is 11.0. The third-order valence-corrected chi connectivity index (χ3v) is 3.44. The molecule has 0 aliphatic heterocycles. The molecule has 0 heterocycles. The first-order valence-electron chi connectivity index (χ1n) is 5.44. The lowest BCUT2D eigenvalue weighted by molar-refractivity contribution is -0.387. The molecule has 0 aliphatic rings. The Bertz CT molecular complexity index is 674. The molecule has 0 atom stereocenters. The predicted molar refractivity (Wildman–Crippen MR) is 81.7 cm³/mol. The zero-order chi connectivity index (χ0) is 15.6. The average Bonchev–Trinajstić information content (AvgIpc) is 2.42. The fraction of sp³-hybridized carbons (Fsp3) is 0. The predicted octanol–water partition coefficient (Wildman–Crippen LogP) is 4.82. The Balaban J connectivity index is 2.48. The molecule has 2 rings (SSSR count). The van der Waals surface area contributed by atoms with Crippen molar-refractivity contribution in [1.82, 2.24) is 0 Å². The molecular weight excluding hydrogens is 412 g/mol. The fourth-order valence-corrected chi connectivity index (χ4v) is 2.26. The zero-order valence-corrected chi connectivity index (χ0v) is 13.3. The maximum Gasteiger partial charge on any atom is 0.312 e. The zero-order valence-electron chi connectivity index (χ0n) is 10.2. The van der Waals surface area contributed by atoms with Crippen LogP contribution >= 0.6 is 31.9 Å². The Hall–Kier alpha value is -2.00. The second kappa shape index (κ2) is 6.19. The van der Waals surface area contributed by atoms with E-state index in [2.05, 4.69) is 31.9 Å². The second-order valence-corrected chi connectivity index (χ2v) is 5.67. The Morgan fingerprint density at radius 3 is 1.52 bits per heavy atom. The van der Waals surface area contributed by atoms with Crippen molar-refractivity contribution in [3.63, 3.8) is 0 Å². The van der Waals surface area contributed by atoms with Crippen LogP contribution in [0.1, 0.15) is 0 Å². The van der Waals surface area contributed by atoms with Crippen molar-refractivity contribution in [1.29, 1.82) is 0 Å². The van der Waals surface area contributed by atoms with E-state index < -0.39 is 9.85 Å². The number of benzene rings is 2. The molecule has 0 saturated carbocycles. The molecular formula is C12H6Br2N2O5. The van der Waals surface area contributed by atoms with Crippen molar-refractivity contribution in [3.8, 4) is 11.5 Å². The van der Waals surface area contributed by atoms with Crippen LogP contribution in [-0.4, -0.2) is 9.85 Å². The molecule has 0 amide bonds. The number of nitro benzene ring substituents is 2. The number of hydrogen-bond donors (Lipinski definition) is 0. The normalized spacial score (nSPS) is 10.2. The van der Waals surface area contributed by atoms with Crippen molar-refractivity contribution < 1.29 is 14.6 Å². The van der Waals surface area contributed by atoms with Crippen LogP contribution in [0.5, 0.6) is 11.5 Å². The van der Waals surface area contributed by atoms with Gasteiger partial charge in [0, 0.05) is 21.1 Å². The largest absolute Gasteiger partial charge is 0.443 e. The summed E-state index contributed by atoms with van der Waals surface area (Å²) in [6.07, 6.45) is 0. The number of ether oxygens (including phenoxy) is 1. The van der Waals surface area contributed by atoms with Gasteiger partial charge in [-0.25, -0.2) is 0 Å². The van der Waals surface area contributed by atoms with Gasteiger partial charge in [0.2, 0.25) is 11.5 Å². The monoisotopic (exact) mass is 416 g/mol. The van der Waals surface area contributed by atoms with E-state index in [1.165, 1.54) is 24.3 Å². The molecule has 0 aromatic heterocycles. The average molecular weight is 418 g/mol. The highest BCUT2D eigenvalue weighted by molar-refractivity contribution is 9.10. The highest BCUT2D eigenvalue weighted by Crippen LogP contribution is 2.38. The molecule has 0 unspecified atom stereocenters. The number of halogens is 2. The van der Waals surface area contributed by atoms with E-state index in [-0.39, 0.29) is 22.9 Å². The lowest BCUT2D eigenvalue weighted by Gasteiger charge is -2.07. The summed E-state index contributed by atoms with van der Waals surface area (Å²) in [6, 6.07) is 8.36. The summed E-state index contributed by atoms with van der Waals surface area (Å²) in [5.41, 5.74) is -0.580. The number of hydrogen-bond acceptors (Lipinski definition) is 5. The first-order valence-corrected chi connectivity index (χ1v) is 7.03. The molecule has 108 valence electrons. The summed E-state index contributed by atoms with van der Waals surface area (Å²) in [5.74, 6) is -0.151. The molecule has 0 aliphatic carbocycles. The highest BCUT2D eigenvalue weighted by atomic mass is 79.9. The Kier molecular flexibility index (Phi) is 4.53. The standard InChI is InChI=1S/C12H6Br2N2O5/c13-7-1-3-11(9(5-7)15(17)18)21-12-4-2-8(14)6-10(12)16(19)20/h1-6H. The lowest BCUT2D eigenvalue weighted by Crippen LogP contribution is -1.96. The van der Waals surface area contributed by atoms with Gasteiger partial charge >= 0.3 is 11.4 Å². The number of nitro groups is 2. The van der Waals surface area contributed by atoms with Gasteiger partial charge in [-0.05, 0) is 24.3 Å². The molecule has 0 saturated heterocycles. The molecule has 9 heteroatoms. The molecule has 0 spiro atoms. The maximum absolute atomic E-state index is 11.0. The first-order chi connectivity index (χ1) is 9.88. The van der Waals surface area contributed by atoms with Crippen molar-refractivity contribution in [2.75, 3.05) is 0 Å². The van der Waals surface area contributed by atoms with Crippen LogP contribution in [0.3, 0.4) is 0 Å². The summed E-state index contributed by atoms with van der Waals surface area (Å²) in [7, 11) is 0. The third kappa shape index (κ3) is 3.56. The van der Waals surface area contributed by atoms with Crippen LogP contribution in [-0.2, 0) is 0 Å². The lowest BCUT2D eigenvalue weighted by atomic mass is 10.2. The highest BCUT2D eigenvalue weighted by Gasteiger charge is 2.21. The van der Waals surface area contributed by atoms with Gasteiger partial charge in [-0.1, -0.05) is 31.9 Å². The van der Waals surface area contributed by atoms with E-state index in [0.717, 1.165) is 0 Å². The number of rotatable bonds is 4. The molecule has 2 aromatic carbocycles. The van der Waals surface area contributed by atoms with E-state index in [1.807, 2.05) is 0 Å². The molecule has 2 aromatic rings. The van der Waals surface area contributed by atoms with Crippen molar-refractivity contribution >= 4 is 43.2 Å².